The van der Waals surface area contributed by atoms with E-state index < -0.39 is 11.5 Å². The monoisotopic (exact) mass is 415 g/mol. The van der Waals surface area contributed by atoms with E-state index >= 15 is 0 Å². The van der Waals surface area contributed by atoms with Gasteiger partial charge in [0, 0.05) is 30.5 Å². The fraction of sp³-hybridized carbons (Fsp3) is 0.167. The third-order valence-corrected chi connectivity index (χ3v) is 5.42. The zero-order chi connectivity index (χ0) is 20.1. The number of aromatic nitrogens is 3. The third-order valence-electron chi connectivity index (χ3n) is 3.69. The van der Waals surface area contributed by atoms with Crippen molar-refractivity contribution in [2.24, 2.45) is 7.05 Å². The molecule has 0 unspecified atom stereocenters. The standard InChI is InChI=1S/C18H17N5O3S2/c1-11-3-5-12(6-4-11)21-15(25)13-9-20-18(23(2)16(13)26)28-10-14(24)22-17-19-7-8-27-17/h3-9H,10H2,1-2H3,(H,21,25)(H,19,22,24). The number of aryl methyl sites for hydroxylation is 1. The number of rotatable bonds is 6. The van der Waals surface area contributed by atoms with Crippen molar-refractivity contribution in [2.45, 2.75) is 12.1 Å². The van der Waals surface area contributed by atoms with Gasteiger partial charge in [-0.15, -0.1) is 11.3 Å². The summed E-state index contributed by atoms with van der Waals surface area (Å²) in [6.45, 7) is 1.94. The van der Waals surface area contributed by atoms with Crippen molar-refractivity contribution < 1.29 is 9.59 Å². The maximum atomic E-state index is 12.5. The minimum atomic E-state index is -0.532. The van der Waals surface area contributed by atoms with Crippen LogP contribution in [0.2, 0.25) is 0 Å². The highest BCUT2D eigenvalue weighted by atomic mass is 32.2. The Balaban J connectivity index is 1.66. The summed E-state index contributed by atoms with van der Waals surface area (Å²) in [5, 5.41) is 7.94. The Morgan fingerprint density at radius 3 is 2.61 bits per heavy atom. The van der Waals surface area contributed by atoms with E-state index in [2.05, 4.69) is 20.6 Å². The predicted molar refractivity (Wildman–Crippen MR) is 110 cm³/mol. The van der Waals surface area contributed by atoms with Gasteiger partial charge in [0.25, 0.3) is 11.5 Å². The molecular weight excluding hydrogens is 398 g/mol. The summed E-state index contributed by atoms with van der Waals surface area (Å²) >= 11 is 2.42. The molecule has 0 fully saturated rings. The van der Waals surface area contributed by atoms with Crippen molar-refractivity contribution in [3.05, 3.63) is 63.5 Å². The molecule has 0 bridgehead atoms. The van der Waals surface area contributed by atoms with Crippen LogP contribution in [-0.4, -0.2) is 32.1 Å². The van der Waals surface area contributed by atoms with Gasteiger partial charge in [0.1, 0.15) is 5.56 Å². The van der Waals surface area contributed by atoms with Crippen LogP contribution in [0.15, 0.2) is 52.0 Å². The highest BCUT2D eigenvalue weighted by Gasteiger charge is 2.16. The number of hydrogen-bond donors (Lipinski definition) is 2. The van der Waals surface area contributed by atoms with Crippen LogP contribution >= 0.6 is 23.1 Å². The number of thiazole rings is 1. The molecule has 3 aromatic rings. The molecule has 0 saturated heterocycles. The van der Waals surface area contributed by atoms with Crippen LogP contribution < -0.4 is 16.2 Å². The largest absolute Gasteiger partial charge is 0.322 e. The Morgan fingerprint density at radius 1 is 1.18 bits per heavy atom. The first kappa shape index (κ1) is 19.8. The number of nitrogens with zero attached hydrogens (tertiary/aromatic N) is 3. The fourth-order valence-corrected chi connectivity index (χ4v) is 3.51. The molecular formula is C18H17N5O3S2. The van der Waals surface area contributed by atoms with E-state index in [0.717, 1.165) is 17.3 Å². The summed E-state index contributed by atoms with van der Waals surface area (Å²) in [6.07, 6.45) is 2.83. The van der Waals surface area contributed by atoms with Gasteiger partial charge in [0.2, 0.25) is 5.91 Å². The lowest BCUT2D eigenvalue weighted by atomic mass is 10.2. The summed E-state index contributed by atoms with van der Waals surface area (Å²) in [5.74, 6) is -0.722. The number of carbonyl (C=O) groups excluding carboxylic acids is 2. The van der Waals surface area contributed by atoms with E-state index in [1.165, 1.54) is 29.1 Å². The molecule has 1 aromatic carbocycles. The molecule has 0 aliphatic heterocycles. The van der Waals surface area contributed by atoms with E-state index in [-0.39, 0.29) is 17.2 Å². The molecule has 10 heteroatoms. The number of hydrogen-bond acceptors (Lipinski definition) is 7. The average molecular weight is 416 g/mol. The normalized spacial score (nSPS) is 10.5. The van der Waals surface area contributed by atoms with Gasteiger partial charge < -0.3 is 10.6 Å². The summed E-state index contributed by atoms with van der Waals surface area (Å²) in [6, 6.07) is 7.25. The highest BCUT2D eigenvalue weighted by molar-refractivity contribution is 7.99. The molecule has 0 aliphatic rings. The van der Waals surface area contributed by atoms with Crippen LogP contribution in [0.1, 0.15) is 15.9 Å². The maximum absolute atomic E-state index is 12.5. The van der Waals surface area contributed by atoms with Gasteiger partial charge in [-0.1, -0.05) is 29.5 Å². The summed E-state index contributed by atoms with van der Waals surface area (Å²) in [4.78, 5) is 45.0. The maximum Gasteiger partial charge on any atom is 0.266 e. The van der Waals surface area contributed by atoms with Gasteiger partial charge in [0.05, 0.1) is 5.75 Å². The second kappa shape index (κ2) is 8.81. The van der Waals surface area contributed by atoms with Gasteiger partial charge >= 0.3 is 0 Å². The van der Waals surface area contributed by atoms with Gasteiger partial charge in [0.15, 0.2) is 10.3 Å². The molecule has 144 valence electrons. The van der Waals surface area contributed by atoms with Crippen LogP contribution in [0.5, 0.6) is 0 Å². The molecule has 0 spiro atoms. The van der Waals surface area contributed by atoms with Crippen LogP contribution in [0.3, 0.4) is 0 Å². The molecule has 28 heavy (non-hydrogen) atoms. The van der Waals surface area contributed by atoms with Gasteiger partial charge in [-0.2, -0.15) is 0 Å². The first-order valence-corrected chi connectivity index (χ1v) is 10.1. The van der Waals surface area contributed by atoms with Crippen molar-refractivity contribution in [3.63, 3.8) is 0 Å². The molecule has 3 rings (SSSR count). The Labute approximate surface area is 169 Å². The first-order chi connectivity index (χ1) is 13.4. The topological polar surface area (TPSA) is 106 Å². The number of benzene rings is 1. The molecule has 2 aromatic heterocycles. The quantitative estimate of drug-likeness (QED) is 0.473. The fourth-order valence-electron chi connectivity index (χ4n) is 2.22. The smallest absolute Gasteiger partial charge is 0.266 e. The van der Waals surface area contributed by atoms with Gasteiger partial charge in [-0.05, 0) is 19.1 Å². The van der Waals surface area contributed by atoms with Crippen molar-refractivity contribution in [2.75, 3.05) is 16.4 Å². The number of nitrogens with one attached hydrogen (secondary N) is 2. The summed E-state index contributed by atoms with van der Waals surface area (Å²) in [5.41, 5.74) is 1.10. The summed E-state index contributed by atoms with van der Waals surface area (Å²) < 4.78 is 1.26. The van der Waals surface area contributed by atoms with E-state index in [1.807, 2.05) is 19.1 Å². The van der Waals surface area contributed by atoms with Gasteiger partial charge in [-0.3, -0.25) is 19.0 Å². The lowest BCUT2D eigenvalue weighted by molar-refractivity contribution is -0.113. The molecule has 8 nitrogen and oxygen atoms in total. The van der Waals surface area contributed by atoms with Crippen molar-refractivity contribution in [1.82, 2.24) is 14.5 Å². The minimum Gasteiger partial charge on any atom is -0.322 e. The van der Waals surface area contributed by atoms with Crippen LogP contribution in [0.4, 0.5) is 10.8 Å². The molecule has 0 atom stereocenters. The van der Waals surface area contributed by atoms with Gasteiger partial charge in [-0.25, -0.2) is 9.97 Å². The zero-order valence-corrected chi connectivity index (χ0v) is 16.8. The van der Waals surface area contributed by atoms with Crippen molar-refractivity contribution >= 4 is 45.7 Å². The molecule has 2 amide bonds. The number of amides is 2. The average Bonchev–Trinajstić information content (AvgIpc) is 3.17. The Hall–Kier alpha value is -2.98. The first-order valence-electron chi connectivity index (χ1n) is 8.20. The van der Waals surface area contributed by atoms with Crippen molar-refractivity contribution in [3.8, 4) is 0 Å². The zero-order valence-electron chi connectivity index (χ0n) is 15.1. The summed E-state index contributed by atoms with van der Waals surface area (Å²) in [7, 11) is 1.51. The van der Waals surface area contributed by atoms with Crippen molar-refractivity contribution in [1.29, 1.82) is 0 Å². The second-order valence-corrected chi connectivity index (χ2v) is 7.65. The van der Waals surface area contributed by atoms with Crippen LogP contribution in [0, 0.1) is 6.92 Å². The van der Waals surface area contributed by atoms with E-state index in [0.29, 0.717) is 16.0 Å². The molecule has 0 saturated carbocycles. The van der Waals surface area contributed by atoms with Crippen LogP contribution in [-0.2, 0) is 11.8 Å². The minimum absolute atomic E-state index is 0.0643. The molecule has 0 aliphatic carbocycles. The number of carbonyl (C=O) groups is 2. The Kier molecular flexibility index (Phi) is 6.22. The molecule has 2 N–H and O–H groups in total. The van der Waals surface area contributed by atoms with E-state index in [9.17, 15) is 14.4 Å². The molecule has 0 radical (unpaired) electrons. The predicted octanol–water partition coefficient (Wildman–Crippen LogP) is 2.53. The Morgan fingerprint density at radius 2 is 1.93 bits per heavy atom. The van der Waals surface area contributed by atoms with E-state index in [4.69, 9.17) is 0 Å². The van der Waals surface area contributed by atoms with Crippen LogP contribution in [0.25, 0.3) is 0 Å². The SMILES string of the molecule is Cc1ccc(NC(=O)c2cnc(SCC(=O)Nc3nccs3)n(C)c2=O)cc1. The second-order valence-electron chi connectivity index (χ2n) is 5.81. The lowest BCUT2D eigenvalue weighted by Crippen LogP contribution is -2.29. The number of anilines is 2. The van der Waals surface area contributed by atoms with E-state index in [1.54, 1.807) is 23.7 Å². The third kappa shape index (κ3) is 4.84. The Bertz CT molecular complexity index is 1050. The molecule has 2 heterocycles. The lowest BCUT2D eigenvalue weighted by Gasteiger charge is -2.09. The number of thioether (sulfide) groups is 1. The highest BCUT2D eigenvalue weighted by Crippen LogP contribution is 2.16.